The van der Waals surface area contributed by atoms with Crippen LogP contribution >= 0.6 is 23.4 Å². The van der Waals surface area contributed by atoms with Gasteiger partial charge in [0.2, 0.25) is 0 Å². The lowest BCUT2D eigenvalue weighted by Crippen LogP contribution is -2.08. The zero-order valence-electron chi connectivity index (χ0n) is 13.0. The summed E-state index contributed by atoms with van der Waals surface area (Å²) in [7, 11) is 1.62. The van der Waals surface area contributed by atoms with E-state index in [9.17, 15) is 4.79 Å². The second-order valence-corrected chi connectivity index (χ2v) is 6.42. The molecule has 0 spiro atoms. The van der Waals surface area contributed by atoms with Crippen LogP contribution in [0.4, 0.5) is 0 Å². The van der Waals surface area contributed by atoms with Crippen LogP contribution in [0.3, 0.4) is 0 Å². The number of benzene rings is 2. The molecule has 0 saturated carbocycles. The minimum Gasteiger partial charge on any atom is -0.497 e. The van der Waals surface area contributed by atoms with Gasteiger partial charge >= 0.3 is 0 Å². The van der Waals surface area contributed by atoms with Crippen LogP contribution in [0.1, 0.15) is 5.56 Å². The predicted octanol–water partition coefficient (Wildman–Crippen LogP) is 4.39. The highest BCUT2D eigenvalue weighted by atomic mass is 35.5. The molecule has 0 aliphatic carbocycles. The number of aromatic amines is 1. The number of hydrogen-bond acceptors (Lipinski definition) is 4. The smallest absolute Gasteiger partial charge is 0.252 e. The van der Waals surface area contributed by atoms with Crippen molar-refractivity contribution in [2.24, 2.45) is 0 Å². The van der Waals surface area contributed by atoms with Gasteiger partial charge in [-0.25, -0.2) is 4.98 Å². The summed E-state index contributed by atoms with van der Waals surface area (Å²) in [5, 5.41) is 1.27. The maximum Gasteiger partial charge on any atom is 0.252 e. The lowest BCUT2D eigenvalue weighted by molar-refractivity contribution is 0.415. The highest BCUT2D eigenvalue weighted by Gasteiger charge is 2.07. The van der Waals surface area contributed by atoms with E-state index < -0.39 is 0 Å². The molecule has 0 bridgehead atoms. The summed E-state index contributed by atoms with van der Waals surface area (Å²) in [6.07, 6.45) is 0. The Kier molecular flexibility index (Phi) is 5.23. The van der Waals surface area contributed by atoms with Gasteiger partial charge in [-0.3, -0.25) is 4.79 Å². The Morgan fingerprint density at radius 2 is 1.92 bits per heavy atom. The Morgan fingerprint density at radius 3 is 2.62 bits per heavy atom. The normalized spacial score (nSPS) is 10.6. The van der Waals surface area contributed by atoms with Crippen molar-refractivity contribution < 1.29 is 4.74 Å². The number of halogens is 1. The van der Waals surface area contributed by atoms with Gasteiger partial charge in [-0.05, 0) is 35.9 Å². The van der Waals surface area contributed by atoms with E-state index in [0.717, 1.165) is 16.9 Å². The number of aromatic nitrogens is 2. The zero-order valence-corrected chi connectivity index (χ0v) is 14.5. The maximum absolute atomic E-state index is 11.9. The minimum absolute atomic E-state index is 0.183. The third-order valence-corrected chi connectivity index (χ3v) is 4.72. The topological polar surface area (TPSA) is 55.0 Å². The third kappa shape index (κ3) is 3.99. The standard InChI is InChI=1S/C18H15ClN2O2S/c1-23-14-8-6-12(7-9-14)16-10-17(22)21-18(20-16)24-11-13-4-2-3-5-15(13)19/h2-10H,11H2,1H3,(H,20,21,22). The molecule has 0 amide bonds. The molecule has 2 aromatic carbocycles. The number of H-pyrrole nitrogens is 1. The van der Waals surface area contributed by atoms with Crippen molar-refractivity contribution in [3.8, 4) is 17.0 Å². The van der Waals surface area contributed by atoms with Gasteiger partial charge in [0.15, 0.2) is 5.16 Å². The van der Waals surface area contributed by atoms with Gasteiger partial charge in [-0.2, -0.15) is 0 Å². The third-order valence-electron chi connectivity index (χ3n) is 3.43. The fourth-order valence-corrected chi connectivity index (χ4v) is 3.34. The van der Waals surface area contributed by atoms with Gasteiger partial charge in [0.05, 0.1) is 12.8 Å². The molecule has 0 aliphatic heterocycles. The molecule has 6 heteroatoms. The van der Waals surface area contributed by atoms with Crippen LogP contribution in [0.5, 0.6) is 5.75 Å². The molecular weight excluding hydrogens is 344 g/mol. The van der Waals surface area contributed by atoms with Crippen molar-refractivity contribution in [3.05, 3.63) is 75.5 Å². The summed E-state index contributed by atoms with van der Waals surface area (Å²) < 4.78 is 5.15. The second-order valence-electron chi connectivity index (χ2n) is 5.04. The Balaban J connectivity index is 1.83. The Bertz CT molecular complexity index is 894. The quantitative estimate of drug-likeness (QED) is 0.543. The fraction of sp³-hybridized carbons (Fsp3) is 0.111. The van der Waals surface area contributed by atoms with Gasteiger partial charge in [0.1, 0.15) is 5.75 Å². The van der Waals surface area contributed by atoms with E-state index in [1.807, 2.05) is 48.5 Å². The molecule has 24 heavy (non-hydrogen) atoms. The molecule has 3 rings (SSSR count). The molecule has 0 unspecified atom stereocenters. The number of rotatable bonds is 5. The van der Waals surface area contributed by atoms with E-state index in [-0.39, 0.29) is 5.56 Å². The van der Waals surface area contributed by atoms with Gasteiger partial charge in [0.25, 0.3) is 5.56 Å². The first-order valence-corrected chi connectivity index (χ1v) is 8.64. The molecule has 1 N–H and O–H groups in total. The van der Waals surface area contributed by atoms with E-state index in [0.29, 0.717) is 21.6 Å². The summed E-state index contributed by atoms with van der Waals surface area (Å²) in [4.78, 5) is 19.2. The van der Waals surface area contributed by atoms with Crippen LogP contribution in [0.2, 0.25) is 5.02 Å². The fourth-order valence-electron chi connectivity index (χ4n) is 2.17. The maximum atomic E-state index is 11.9. The summed E-state index contributed by atoms with van der Waals surface area (Å²) in [6, 6.07) is 16.6. The summed E-state index contributed by atoms with van der Waals surface area (Å²) in [6.45, 7) is 0. The number of hydrogen-bond donors (Lipinski definition) is 1. The Hall–Kier alpha value is -2.24. The molecule has 0 aliphatic rings. The molecular formula is C18H15ClN2O2S. The number of ether oxygens (including phenoxy) is 1. The Morgan fingerprint density at radius 1 is 1.17 bits per heavy atom. The first kappa shape index (κ1) is 16.6. The van der Waals surface area contributed by atoms with Crippen molar-refractivity contribution in [1.29, 1.82) is 0 Å². The molecule has 122 valence electrons. The van der Waals surface area contributed by atoms with Gasteiger partial charge in [0, 0.05) is 22.4 Å². The summed E-state index contributed by atoms with van der Waals surface area (Å²) in [5.41, 5.74) is 2.31. The Labute approximate surface area is 148 Å². The predicted molar refractivity (Wildman–Crippen MR) is 97.9 cm³/mol. The highest BCUT2D eigenvalue weighted by molar-refractivity contribution is 7.98. The number of methoxy groups -OCH3 is 1. The molecule has 4 nitrogen and oxygen atoms in total. The van der Waals surface area contributed by atoms with Gasteiger partial charge in [-0.15, -0.1) is 0 Å². The number of nitrogens with one attached hydrogen (secondary N) is 1. The van der Waals surface area contributed by atoms with E-state index in [1.165, 1.54) is 17.8 Å². The number of thioether (sulfide) groups is 1. The van der Waals surface area contributed by atoms with E-state index in [2.05, 4.69) is 9.97 Å². The molecule has 0 fully saturated rings. The van der Waals surface area contributed by atoms with Crippen LogP contribution in [0, 0.1) is 0 Å². The molecule has 1 aromatic heterocycles. The SMILES string of the molecule is COc1ccc(-c2cc(=O)[nH]c(SCc3ccccc3Cl)n2)cc1. The largest absolute Gasteiger partial charge is 0.497 e. The van der Waals surface area contributed by atoms with E-state index in [1.54, 1.807) is 7.11 Å². The molecule has 3 aromatic rings. The van der Waals surface area contributed by atoms with Crippen molar-refractivity contribution >= 4 is 23.4 Å². The molecule has 0 radical (unpaired) electrons. The summed E-state index contributed by atoms with van der Waals surface area (Å²) in [5.74, 6) is 1.39. The number of nitrogens with zero attached hydrogens (tertiary/aromatic N) is 1. The van der Waals surface area contributed by atoms with Crippen molar-refractivity contribution in [1.82, 2.24) is 9.97 Å². The minimum atomic E-state index is -0.183. The van der Waals surface area contributed by atoms with Crippen molar-refractivity contribution in [3.63, 3.8) is 0 Å². The zero-order chi connectivity index (χ0) is 16.9. The van der Waals surface area contributed by atoms with E-state index >= 15 is 0 Å². The highest BCUT2D eigenvalue weighted by Crippen LogP contribution is 2.26. The van der Waals surface area contributed by atoms with Crippen LogP contribution < -0.4 is 10.3 Å². The van der Waals surface area contributed by atoms with Crippen molar-refractivity contribution in [2.75, 3.05) is 7.11 Å². The molecule has 0 saturated heterocycles. The first-order valence-electron chi connectivity index (χ1n) is 7.28. The average Bonchev–Trinajstić information content (AvgIpc) is 2.61. The van der Waals surface area contributed by atoms with Crippen LogP contribution in [-0.4, -0.2) is 17.1 Å². The lowest BCUT2D eigenvalue weighted by atomic mass is 10.1. The second kappa shape index (κ2) is 7.55. The monoisotopic (exact) mass is 358 g/mol. The summed E-state index contributed by atoms with van der Waals surface area (Å²) >= 11 is 7.60. The van der Waals surface area contributed by atoms with Crippen LogP contribution in [0.15, 0.2) is 64.5 Å². The molecule has 1 heterocycles. The molecule has 0 atom stereocenters. The van der Waals surface area contributed by atoms with Crippen LogP contribution in [0.25, 0.3) is 11.3 Å². The first-order chi connectivity index (χ1) is 11.7. The van der Waals surface area contributed by atoms with Gasteiger partial charge < -0.3 is 9.72 Å². The van der Waals surface area contributed by atoms with Crippen molar-refractivity contribution in [2.45, 2.75) is 10.9 Å². The van der Waals surface area contributed by atoms with Crippen LogP contribution in [-0.2, 0) is 5.75 Å². The van der Waals surface area contributed by atoms with Gasteiger partial charge in [-0.1, -0.05) is 41.6 Å². The average molecular weight is 359 g/mol. The van der Waals surface area contributed by atoms with E-state index in [4.69, 9.17) is 16.3 Å². The lowest BCUT2D eigenvalue weighted by Gasteiger charge is -2.06.